The number of carbonyl (C=O) groups excluding carboxylic acids is 1. The first-order valence-electron chi connectivity index (χ1n) is 4.47. The van der Waals surface area contributed by atoms with Crippen LogP contribution in [-0.4, -0.2) is 24.3 Å². The monoisotopic (exact) mass is 211 g/mol. The molecule has 0 aromatic heterocycles. The SMILES string of the molecule is O=C1OCCN1NNc1ccc(F)cc1. The third kappa shape index (κ3) is 2.35. The highest BCUT2D eigenvalue weighted by Crippen LogP contribution is 2.07. The van der Waals surface area contributed by atoms with Gasteiger partial charge in [0.15, 0.2) is 0 Å². The third-order valence-corrected chi connectivity index (χ3v) is 1.94. The molecule has 0 atom stereocenters. The molecule has 1 fully saturated rings. The fourth-order valence-electron chi connectivity index (χ4n) is 1.16. The number of hydrogen-bond acceptors (Lipinski definition) is 4. The van der Waals surface area contributed by atoms with Gasteiger partial charge >= 0.3 is 6.09 Å². The predicted molar refractivity (Wildman–Crippen MR) is 51.2 cm³/mol. The smallest absolute Gasteiger partial charge is 0.425 e. The summed E-state index contributed by atoms with van der Waals surface area (Å²) in [6.45, 7) is 0.851. The molecule has 1 aromatic carbocycles. The van der Waals surface area contributed by atoms with Crippen molar-refractivity contribution in [3.05, 3.63) is 30.1 Å². The molecule has 0 aliphatic carbocycles. The number of ether oxygens (including phenoxy) is 1. The molecule has 1 aliphatic heterocycles. The number of amides is 1. The van der Waals surface area contributed by atoms with Crippen LogP contribution >= 0.6 is 0 Å². The molecule has 0 unspecified atom stereocenters. The number of cyclic esters (lactones) is 1. The van der Waals surface area contributed by atoms with Crippen molar-refractivity contribution >= 4 is 11.8 Å². The Labute approximate surface area is 85.8 Å². The van der Waals surface area contributed by atoms with Gasteiger partial charge in [0.05, 0.1) is 12.2 Å². The molecular weight excluding hydrogens is 201 g/mol. The number of hydrazine groups is 2. The number of carbonyl (C=O) groups is 1. The normalized spacial score (nSPS) is 15.3. The van der Waals surface area contributed by atoms with E-state index in [1.165, 1.54) is 17.1 Å². The summed E-state index contributed by atoms with van der Waals surface area (Å²) in [6.07, 6.45) is -0.426. The lowest BCUT2D eigenvalue weighted by atomic mass is 10.3. The van der Waals surface area contributed by atoms with Crippen molar-refractivity contribution in [3.63, 3.8) is 0 Å². The van der Waals surface area contributed by atoms with Crippen LogP contribution in [0, 0.1) is 5.82 Å². The quantitative estimate of drug-likeness (QED) is 0.735. The molecule has 1 aliphatic rings. The molecule has 0 bridgehead atoms. The van der Waals surface area contributed by atoms with Crippen molar-refractivity contribution in [1.82, 2.24) is 10.5 Å². The molecule has 80 valence electrons. The highest BCUT2D eigenvalue weighted by molar-refractivity contribution is 5.68. The van der Waals surface area contributed by atoms with Crippen LogP contribution in [0.1, 0.15) is 0 Å². The van der Waals surface area contributed by atoms with Gasteiger partial charge in [-0.25, -0.2) is 14.2 Å². The van der Waals surface area contributed by atoms with E-state index >= 15 is 0 Å². The maximum atomic E-state index is 12.6. The van der Waals surface area contributed by atoms with Gasteiger partial charge in [0.2, 0.25) is 0 Å². The van der Waals surface area contributed by atoms with Gasteiger partial charge in [0.25, 0.3) is 0 Å². The first-order chi connectivity index (χ1) is 7.25. The topological polar surface area (TPSA) is 53.6 Å². The average Bonchev–Trinajstić information content (AvgIpc) is 2.63. The predicted octanol–water partition coefficient (Wildman–Crippen LogP) is 1.11. The Morgan fingerprint density at radius 2 is 2.07 bits per heavy atom. The molecule has 15 heavy (non-hydrogen) atoms. The Bertz CT molecular complexity index is 355. The Kier molecular flexibility index (Phi) is 2.68. The first-order valence-corrected chi connectivity index (χ1v) is 4.47. The van der Waals surface area contributed by atoms with Crippen molar-refractivity contribution in [2.45, 2.75) is 0 Å². The second-order valence-electron chi connectivity index (χ2n) is 3.01. The molecular formula is C9H10FN3O2. The Balaban J connectivity index is 1.87. The largest absolute Gasteiger partial charge is 0.446 e. The van der Waals surface area contributed by atoms with E-state index in [0.717, 1.165) is 0 Å². The van der Waals surface area contributed by atoms with Crippen LogP contribution in [0.4, 0.5) is 14.9 Å². The molecule has 5 nitrogen and oxygen atoms in total. The van der Waals surface area contributed by atoms with E-state index in [4.69, 9.17) is 4.74 Å². The summed E-state index contributed by atoms with van der Waals surface area (Å²) in [7, 11) is 0. The second-order valence-corrected chi connectivity index (χ2v) is 3.01. The summed E-state index contributed by atoms with van der Waals surface area (Å²) >= 11 is 0. The molecule has 0 spiro atoms. The number of rotatable bonds is 3. The Morgan fingerprint density at radius 3 is 2.67 bits per heavy atom. The molecule has 1 amide bonds. The summed E-state index contributed by atoms with van der Waals surface area (Å²) in [5.41, 5.74) is 6.07. The Morgan fingerprint density at radius 1 is 1.33 bits per heavy atom. The maximum absolute atomic E-state index is 12.6. The van der Waals surface area contributed by atoms with E-state index in [1.807, 2.05) is 0 Å². The van der Waals surface area contributed by atoms with E-state index in [-0.39, 0.29) is 5.82 Å². The van der Waals surface area contributed by atoms with Crippen LogP contribution < -0.4 is 11.0 Å². The van der Waals surface area contributed by atoms with Gasteiger partial charge in [-0.05, 0) is 24.3 Å². The summed E-state index contributed by atoms with van der Waals surface area (Å²) in [5.74, 6) is -0.305. The lowest BCUT2D eigenvalue weighted by molar-refractivity contribution is 0.149. The fourth-order valence-corrected chi connectivity index (χ4v) is 1.16. The third-order valence-electron chi connectivity index (χ3n) is 1.94. The minimum Gasteiger partial charge on any atom is -0.446 e. The van der Waals surface area contributed by atoms with E-state index in [1.54, 1.807) is 12.1 Å². The molecule has 0 radical (unpaired) electrons. The minimum absolute atomic E-state index is 0.305. The molecule has 2 N–H and O–H groups in total. The lowest BCUT2D eigenvalue weighted by Crippen LogP contribution is -2.42. The van der Waals surface area contributed by atoms with Crippen molar-refractivity contribution < 1.29 is 13.9 Å². The van der Waals surface area contributed by atoms with Gasteiger partial charge in [-0.15, -0.1) is 5.53 Å². The van der Waals surface area contributed by atoms with Crippen LogP contribution in [-0.2, 0) is 4.74 Å². The number of hydrogen-bond donors (Lipinski definition) is 2. The van der Waals surface area contributed by atoms with E-state index in [2.05, 4.69) is 11.0 Å². The summed E-state index contributed by atoms with van der Waals surface area (Å²) in [5, 5.41) is 1.29. The number of benzene rings is 1. The van der Waals surface area contributed by atoms with E-state index < -0.39 is 6.09 Å². The highest BCUT2D eigenvalue weighted by Gasteiger charge is 2.21. The van der Waals surface area contributed by atoms with Gasteiger partial charge < -0.3 is 10.2 Å². The van der Waals surface area contributed by atoms with Gasteiger partial charge in [-0.3, -0.25) is 0 Å². The Hall–Kier alpha value is -1.82. The number of anilines is 1. The van der Waals surface area contributed by atoms with Crippen LogP contribution in [0.2, 0.25) is 0 Å². The molecule has 2 rings (SSSR count). The maximum Gasteiger partial charge on any atom is 0.425 e. The summed E-state index contributed by atoms with van der Waals surface area (Å²) < 4.78 is 17.3. The number of nitrogens with zero attached hydrogens (tertiary/aromatic N) is 1. The minimum atomic E-state index is -0.426. The molecule has 1 aromatic rings. The van der Waals surface area contributed by atoms with Crippen LogP contribution in [0.3, 0.4) is 0 Å². The van der Waals surface area contributed by atoms with E-state index in [9.17, 15) is 9.18 Å². The molecule has 6 heteroatoms. The van der Waals surface area contributed by atoms with Crippen LogP contribution in [0.15, 0.2) is 24.3 Å². The number of nitrogens with one attached hydrogen (secondary N) is 2. The zero-order valence-electron chi connectivity index (χ0n) is 7.87. The van der Waals surface area contributed by atoms with Crippen molar-refractivity contribution in [3.8, 4) is 0 Å². The zero-order chi connectivity index (χ0) is 10.7. The standard InChI is InChI=1S/C9H10FN3O2/c10-7-1-3-8(4-2-7)11-12-13-5-6-15-9(13)14/h1-4,11-12H,5-6H2. The second kappa shape index (κ2) is 4.14. The van der Waals surface area contributed by atoms with Gasteiger partial charge in [-0.2, -0.15) is 0 Å². The van der Waals surface area contributed by atoms with Gasteiger partial charge in [0, 0.05) is 0 Å². The lowest BCUT2D eigenvalue weighted by Gasteiger charge is -2.15. The zero-order valence-corrected chi connectivity index (χ0v) is 7.87. The summed E-state index contributed by atoms with van der Waals surface area (Å²) in [4.78, 5) is 11.0. The molecule has 1 heterocycles. The first kappa shape index (κ1) is 9.72. The highest BCUT2D eigenvalue weighted by atomic mass is 19.1. The van der Waals surface area contributed by atoms with Gasteiger partial charge in [-0.1, -0.05) is 0 Å². The van der Waals surface area contributed by atoms with Crippen molar-refractivity contribution in [2.75, 3.05) is 18.6 Å². The number of halogens is 1. The molecule has 1 saturated heterocycles. The summed E-state index contributed by atoms with van der Waals surface area (Å²) in [6, 6.07) is 5.77. The van der Waals surface area contributed by atoms with E-state index in [0.29, 0.717) is 18.8 Å². The van der Waals surface area contributed by atoms with Gasteiger partial charge in [0.1, 0.15) is 12.4 Å². The molecule has 0 saturated carbocycles. The van der Waals surface area contributed by atoms with Crippen LogP contribution in [0.5, 0.6) is 0 Å². The average molecular weight is 211 g/mol. The fraction of sp³-hybridized carbons (Fsp3) is 0.222. The van der Waals surface area contributed by atoms with Crippen LogP contribution in [0.25, 0.3) is 0 Å². The van der Waals surface area contributed by atoms with Crippen molar-refractivity contribution in [2.24, 2.45) is 0 Å². The van der Waals surface area contributed by atoms with Crippen molar-refractivity contribution in [1.29, 1.82) is 0 Å².